The third kappa shape index (κ3) is 4.48. The van der Waals surface area contributed by atoms with E-state index in [9.17, 15) is 18.4 Å². The first kappa shape index (κ1) is 20.0. The van der Waals surface area contributed by atoms with Crippen LogP contribution in [-0.2, 0) is 4.74 Å². The average Bonchev–Trinajstić information content (AvgIpc) is 2.48. The summed E-state index contributed by atoms with van der Waals surface area (Å²) in [5.41, 5.74) is 0.950. The Balaban J connectivity index is 0.00000211. The predicted molar refractivity (Wildman–Crippen MR) is 82.5 cm³/mol. The lowest BCUT2D eigenvalue weighted by atomic mass is 9.93. The lowest BCUT2D eigenvalue weighted by Crippen LogP contribution is -2.11. The molecule has 1 aromatic rings. The Morgan fingerprint density at radius 3 is 1.95 bits per heavy atom. The van der Waals surface area contributed by atoms with E-state index in [0.717, 1.165) is 0 Å². The number of hydrogen-bond donors (Lipinski definition) is 0. The molecule has 0 aromatic heterocycles. The maximum absolute atomic E-state index is 12.7. The van der Waals surface area contributed by atoms with Gasteiger partial charge in [0.25, 0.3) is 6.08 Å². The van der Waals surface area contributed by atoms with Gasteiger partial charge in [-0.2, -0.15) is 8.78 Å². The first-order valence-electron chi connectivity index (χ1n) is 7.11. The molecular weight excluding hydrogens is 290 g/mol. The fourth-order valence-corrected chi connectivity index (χ4v) is 1.97. The summed E-state index contributed by atoms with van der Waals surface area (Å²) in [6, 6.07) is 2.93. The van der Waals surface area contributed by atoms with Crippen LogP contribution < -0.4 is 0 Å². The van der Waals surface area contributed by atoms with Gasteiger partial charge < -0.3 is 4.74 Å². The van der Waals surface area contributed by atoms with E-state index >= 15 is 0 Å². The number of ketones is 1. The maximum atomic E-state index is 12.7. The number of ether oxygens (including phenoxy) is 1. The number of esters is 1. The Hall–Kier alpha value is -2.04. The van der Waals surface area contributed by atoms with Crippen LogP contribution in [0.2, 0.25) is 0 Å². The van der Waals surface area contributed by atoms with Crippen LogP contribution in [-0.4, -0.2) is 18.9 Å². The molecule has 0 aliphatic carbocycles. The Morgan fingerprint density at radius 1 is 1.05 bits per heavy atom. The molecule has 3 nitrogen and oxygen atoms in total. The summed E-state index contributed by atoms with van der Waals surface area (Å²) in [7, 11) is 1.22. The van der Waals surface area contributed by atoms with E-state index in [-0.39, 0.29) is 17.5 Å². The van der Waals surface area contributed by atoms with E-state index in [1.165, 1.54) is 20.1 Å². The molecular formula is C17H22F2O3. The monoisotopic (exact) mass is 312 g/mol. The summed E-state index contributed by atoms with van der Waals surface area (Å²) >= 11 is 0. The SMILES string of the molecule is CC.CCC(C(=O)c1cc(C(=O)OC)c(C)cc1C)=C(F)F. The fourth-order valence-electron chi connectivity index (χ4n) is 1.97. The molecule has 0 atom stereocenters. The first-order chi connectivity index (χ1) is 10.3. The second-order valence-electron chi connectivity index (χ2n) is 4.40. The van der Waals surface area contributed by atoms with E-state index in [1.807, 2.05) is 13.8 Å². The summed E-state index contributed by atoms with van der Waals surface area (Å²) < 4.78 is 30.1. The van der Waals surface area contributed by atoms with Crippen molar-refractivity contribution in [2.45, 2.75) is 41.0 Å². The number of Topliss-reactive ketones (excluding diaryl/α,β-unsaturated/α-hetero) is 1. The van der Waals surface area contributed by atoms with Crippen molar-refractivity contribution in [2.75, 3.05) is 7.11 Å². The van der Waals surface area contributed by atoms with Crippen LogP contribution in [0.3, 0.4) is 0 Å². The molecule has 0 bridgehead atoms. The lowest BCUT2D eigenvalue weighted by Gasteiger charge is -2.11. The zero-order valence-corrected chi connectivity index (χ0v) is 13.8. The van der Waals surface area contributed by atoms with Gasteiger partial charge in [0.15, 0.2) is 5.78 Å². The topological polar surface area (TPSA) is 43.4 Å². The number of benzene rings is 1. The van der Waals surface area contributed by atoms with Crippen molar-refractivity contribution in [3.63, 3.8) is 0 Å². The van der Waals surface area contributed by atoms with E-state index in [0.29, 0.717) is 11.1 Å². The van der Waals surface area contributed by atoms with E-state index < -0.39 is 23.4 Å². The molecule has 1 aromatic carbocycles. The minimum atomic E-state index is -1.99. The van der Waals surface area contributed by atoms with Gasteiger partial charge in [-0.15, -0.1) is 0 Å². The molecule has 0 aliphatic heterocycles. The van der Waals surface area contributed by atoms with Crippen molar-refractivity contribution in [2.24, 2.45) is 0 Å². The molecule has 0 aliphatic rings. The summed E-state index contributed by atoms with van der Waals surface area (Å²) in [5.74, 6) is -1.35. The summed E-state index contributed by atoms with van der Waals surface area (Å²) in [4.78, 5) is 23.7. The largest absolute Gasteiger partial charge is 0.465 e. The number of carbonyl (C=O) groups is 2. The minimum Gasteiger partial charge on any atom is -0.465 e. The molecule has 0 amide bonds. The van der Waals surface area contributed by atoms with E-state index in [4.69, 9.17) is 0 Å². The smallest absolute Gasteiger partial charge is 0.338 e. The minimum absolute atomic E-state index is 0.0674. The Bertz CT molecular complexity index is 586. The van der Waals surface area contributed by atoms with Crippen molar-refractivity contribution < 1.29 is 23.1 Å². The van der Waals surface area contributed by atoms with Crippen LogP contribution in [0.5, 0.6) is 0 Å². The summed E-state index contributed by atoms with van der Waals surface area (Å²) in [5, 5.41) is 0. The Kier molecular flexibility index (Phi) is 8.23. The summed E-state index contributed by atoms with van der Waals surface area (Å²) in [6.07, 6.45) is -2.06. The number of hydrogen-bond acceptors (Lipinski definition) is 3. The number of aryl methyl sites for hydroxylation is 2. The molecule has 0 spiro atoms. The highest BCUT2D eigenvalue weighted by molar-refractivity contribution is 6.10. The molecule has 0 saturated carbocycles. The summed E-state index contributed by atoms with van der Waals surface area (Å²) in [6.45, 7) is 8.82. The Morgan fingerprint density at radius 2 is 1.55 bits per heavy atom. The van der Waals surface area contributed by atoms with Gasteiger partial charge in [0.05, 0.1) is 18.2 Å². The third-order valence-electron chi connectivity index (χ3n) is 3.08. The number of rotatable bonds is 4. The van der Waals surface area contributed by atoms with Gasteiger partial charge in [-0.25, -0.2) is 4.79 Å². The van der Waals surface area contributed by atoms with Gasteiger partial charge >= 0.3 is 5.97 Å². The van der Waals surface area contributed by atoms with Crippen molar-refractivity contribution in [3.8, 4) is 0 Å². The van der Waals surface area contributed by atoms with Crippen molar-refractivity contribution in [1.82, 2.24) is 0 Å². The van der Waals surface area contributed by atoms with Gasteiger partial charge in [0, 0.05) is 5.56 Å². The zero-order chi connectivity index (χ0) is 17.4. The molecule has 0 N–H and O–H groups in total. The van der Waals surface area contributed by atoms with Crippen LogP contribution in [0.1, 0.15) is 59.0 Å². The second-order valence-corrected chi connectivity index (χ2v) is 4.40. The predicted octanol–water partition coefficient (Wildman–Crippen LogP) is 4.86. The highest BCUT2D eigenvalue weighted by atomic mass is 19.3. The number of methoxy groups -OCH3 is 1. The molecule has 122 valence electrons. The zero-order valence-electron chi connectivity index (χ0n) is 13.8. The van der Waals surface area contributed by atoms with Gasteiger partial charge in [-0.3, -0.25) is 4.79 Å². The van der Waals surface area contributed by atoms with Crippen LogP contribution in [0.4, 0.5) is 8.78 Å². The van der Waals surface area contributed by atoms with Crippen molar-refractivity contribution in [1.29, 1.82) is 0 Å². The highest BCUT2D eigenvalue weighted by Crippen LogP contribution is 2.23. The second kappa shape index (κ2) is 9.07. The highest BCUT2D eigenvalue weighted by Gasteiger charge is 2.21. The van der Waals surface area contributed by atoms with Crippen molar-refractivity contribution in [3.05, 3.63) is 46.0 Å². The maximum Gasteiger partial charge on any atom is 0.338 e. The first-order valence-corrected chi connectivity index (χ1v) is 7.11. The molecule has 1 rings (SSSR count). The number of allylic oxidation sites excluding steroid dienone is 1. The molecule has 0 saturated heterocycles. The quantitative estimate of drug-likeness (QED) is 0.453. The number of halogens is 2. The molecule has 22 heavy (non-hydrogen) atoms. The average molecular weight is 312 g/mol. The third-order valence-corrected chi connectivity index (χ3v) is 3.08. The van der Waals surface area contributed by atoms with Crippen LogP contribution in [0.15, 0.2) is 23.8 Å². The lowest BCUT2D eigenvalue weighted by molar-refractivity contribution is 0.0600. The van der Waals surface area contributed by atoms with Gasteiger partial charge in [0.2, 0.25) is 0 Å². The van der Waals surface area contributed by atoms with Gasteiger partial charge in [-0.1, -0.05) is 26.8 Å². The van der Waals surface area contributed by atoms with Crippen molar-refractivity contribution >= 4 is 11.8 Å². The van der Waals surface area contributed by atoms with E-state index in [1.54, 1.807) is 19.9 Å². The molecule has 0 radical (unpaired) electrons. The van der Waals surface area contributed by atoms with Gasteiger partial charge in [-0.05, 0) is 37.5 Å². The fraction of sp³-hybridized carbons (Fsp3) is 0.412. The molecule has 0 unspecified atom stereocenters. The molecule has 0 fully saturated rings. The normalized spacial score (nSPS) is 9.45. The Labute approximate surface area is 130 Å². The van der Waals surface area contributed by atoms with Crippen LogP contribution in [0, 0.1) is 13.8 Å². The number of carbonyl (C=O) groups excluding carboxylic acids is 2. The van der Waals surface area contributed by atoms with E-state index in [2.05, 4.69) is 4.74 Å². The van der Waals surface area contributed by atoms with Gasteiger partial charge in [0.1, 0.15) is 0 Å². The standard InChI is InChI=1S/C15H16F2O3.C2H6/c1-5-10(14(16)17)13(18)11-7-12(15(19)20-4)9(3)6-8(11)2;1-2/h6-7H,5H2,1-4H3;1-2H3. The molecule has 0 heterocycles. The van der Waals surface area contributed by atoms with Crippen LogP contribution in [0.25, 0.3) is 0 Å². The molecule has 5 heteroatoms. The van der Waals surface area contributed by atoms with Crippen LogP contribution >= 0.6 is 0 Å².